The summed E-state index contributed by atoms with van der Waals surface area (Å²) in [6, 6.07) is 53.6. The fraction of sp³-hybridized carbons (Fsp3) is 0.0862. The molecule has 0 radical (unpaired) electrons. The van der Waals surface area contributed by atoms with Crippen molar-refractivity contribution in [1.82, 2.24) is 14.2 Å². The number of nitrogens with zero attached hydrogens (tertiary/aromatic N) is 3. The van der Waals surface area contributed by atoms with Crippen molar-refractivity contribution in [3.8, 4) is 0 Å². The van der Waals surface area contributed by atoms with Gasteiger partial charge < -0.3 is 0 Å². The molecule has 0 spiro atoms. The number of halogens is 8. The van der Waals surface area contributed by atoms with Crippen LogP contribution in [0.3, 0.4) is 0 Å². The highest BCUT2D eigenvalue weighted by molar-refractivity contribution is 7.90. The van der Waals surface area contributed by atoms with Gasteiger partial charge >= 0.3 is 20.4 Å². The molecular weight excluding hydrogens is 1290 g/mol. The normalized spacial score (nSPS) is 19.7. The predicted molar refractivity (Wildman–Crippen MR) is 333 cm³/mol. The first-order valence-corrected chi connectivity index (χ1v) is 31.5. The highest BCUT2D eigenvalue weighted by atomic mass is 35.5. The van der Waals surface area contributed by atoms with Gasteiger partial charge in [-0.25, -0.2) is 0 Å². The first-order chi connectivity index (χ1) is 39.1. The van der Waals surface area contributed by atoms with E-state index in [1.165, 1.54) is 24.3 Å². The van der Waals surface area contributed by atoms with Crippen LogP contribution >= 0.6 is 92.8 Å². The highest BCUT2D eigenvalue weighted by Gasteiger charge is 2.48. The number of carbonyl (C=O) groups excluding carboxylic acids is 2. The van der Waals surface area contributed by atoms with Gasteiger partial charge in [0.15, 0.2) is 0 Å². The molecule has 0 amide bonds. The van der Waals surface area contributed by atoms with E-state index < -0.39 is 59.3 Å². The maximum atomic E-state index is 12.1. The van der Waals surface area contributed by atoms with Crippen molar-refractivity contribution >= 4 is 152 Å². The second-order valence-electron chi connectivity index (χ2n) is 18.6. The lowest BCUT2D eigenvalue weighted by Crippen LogP contribution is -2.43. The van der Waals surface area contributed by atoms with Crippen molar-refractivity contribution in [1.29, 1.82) is 0 Å². The first-order valence-electron chi connectivity index (χ1n) is 24.2. The van der Waals surface area contributed by atoms with Gasteiger partial charge in [0.25, 0.3) is 10.2 Å². The molecule has 1 fully saturated rings. The molecule has 3 unspecified atom stereocenters. The Balaban J connectivity index is 0.000000145. The van der Waals surface area contributed by atoms with Gasteiger partial charge in [-0.3, -0.25) is 9.59 Å². The minimum Gasteiger partial charge on any atom is -0.285 e. The summed E-state index contributed by atoms with van der Waals surface area (Å²) in [7, 11) is -11.2. The van der Waals surface area contributed by atoms with E-state index in [2.05, 4.69) is 27.4 Å². The summed E-state index contributed by atoms with van der Waals surface area (Å²) in [6.07, 6.45) is 0. The van der Waals surface area contributed by atoms with Crippen molar-refractivity contribution in [2.24, 2.45) is 13.2 Å². The Kier molecular flexibility index (Phi) is 19.9. The quantitative estimate of drug-likeness (QED) is 0.0933. The molecule has 83 heavy (non-hydrogen) atoms. The summed E-state index contributed by atoms with van der Waals surface area (Å²) in [5.74, 6) is -1.12. The van der Waals surface area contributed by atoms with Crippen molar-refractivity contribution in [2.75, 3.05) is 0 Å². The summed E-state index contributed by atoms with van der Waals surface area (Å²) < 4.78 is 90.7. The number of carbonyl (C=O) groups is 2. The van der Waals surface area contributed by atoms with E-state index in [-0.39, 0.29) is 0 Å². The van der Waals surface area contributed by atoms with Gasteiger partial charge in [0, 0.05) is 62.4 Å². The summed E-state index contributed by atoms with van der Waals surface area (Å²) in [4.78, 5) is 23.8. The zero-order valence-electron chi connectivity index (χ0n) is 42.9. The minimum absolute atomic E-state index is 0.300. The second kappa shape index (κ2) is 26.2. The third-order valence-corrected chi connectivity index (χ3v) is 17.9. The van der Waals surface area contributed by atoms with Crippen LogP contribution < -0.4 is 14.2 Å². The van der Waals surface area contributed by atoms with E-state index in [1.807, 2.05) is 31.2 Å². The topological polar surface area (TPSA) is 210 Å². The molecule has 8 aromatic rings. The molecule has 3 atom stereocenters. The molecule has 8 aromatic carbocycles. The van der Waals surface area contributed by atoms with Crippen LogP contribution in [0.1, 0.15) is 74.0 Å². The van der Waals surface area contributed by atoms with Crippen molar-refractivity contribution in [3.63, 3.8) is 0 Å². The number of nitrogens with one attached hydrogen (secondary N) is 3. The Morgan fingerprint density at radius 2 is 0.711 bits per heavy atom. The summed E-state index contributed by atoms with van der Waals surface area (Å²) in [5, 5.41) is 4.52. The Bertz CT molecular complexity index is 4050. The molecule has 14 nitrogen and oxygen atoms in total. The van der Waals surface area contributed by atoms with E-state index in [9.17, 15) is 34.8 Å². The minimum atomic E-state index is -3.85. The fourth-order valence-electron chi connectivity index (χ4n) is 8.58. The standard InChI is InChI=1S/C15H14Cl2N2O2S.C15H12Cl2N2O2S.C14H8Cl2N2O2S.C14H8Cl2O2/c2*1-15(11-4-8-13(17)9-5-11)14(18-22(20,21)19-15)10-2-6-12(16)7-3-10;15-11-5-1-9(2-6-11)13-14(18-21(19,20)17-13)10-3-7-12(16)8-4-10;15-11-5-1-9(2-6-11)13(17)14(18)10-3-7-12(16)8-4-10/h2-9,14,18-19H,1H3;2-9,19H,1H3;1-8H;1-8H. The molecule has 3 N–H and O–H groups in total. The van der Waals surface area contributed by atoms with Gasteiger partial charge in [0.2, 0.25) is 11.6 Å². The average Bonchev–Trinajstić information content (AvgIpc) is 4.24. The molecule has 11 rings (SSSR count). The van der Waals surface area contributed by atoms with Crippen molar-refractivity contribution in [2.45, 2.75) is 31.0 Å². The third kappa shape index (κ3) is 15.9. The van der Waals surface area contributed by atoms with E-state index in [0.717, 1.165) is 16.7 Å². The van der Waals surface area contributed by atoms with Gasteiger partial charge in [0.05, 0.1) is 17.3 Å². The van der Waals surface area contributed by atoms with Gasteiger partial charge in [-0.05, 0) is 157 Å². The van der Waals surface area contributed by atoms with E-state index in [1.54, 1.807) is 153 Å². The van der Waals surface area contributed by atoms with Gasteiger partial charge in [-0.15, -0.1) is 8.80 Å². The lowest BCUT2D eigenvalue weighted by atomic mass is 9.82. The Labute approximate surface area is 519 Å². The molecule has 0 saturated carbocycles. The second-order valence-corrected chi connectivity index (χ2v) is 26.1. The van der Waals surface area contributed by atoms with Crippen molar-refractivity contribution in [3.05, 3.63) is 279 Å². The molecule has 3 heterocycles. The monoisotopic (exact) mass is 1330 g/mol. The van der Waals surface area contributed by atoms with E-state index >= 15 is 0 Å². The highest BCUT2D eigenvalue weighted by Crippen LogP contribution is 2.41. The van der Waals surface area contributed by atoms with Crippen LogP contribution in [0.25, 0.3) is 0 Å². The van der Waals surface area contributed by atoms with Crippen LogP contribution in [-0.4, -0.2) is 54.0 Å². The maximum absolute atomic E-state index is 12.1. The predicted octanol–water partition coefficient (Wildman–Crippen LogP) is 14.5. The Morgan fingerprint density at radius 1 is 0.398 bits per heavy atom. The lowest BCUT2D eigenvalue weighted by Gasteiger charge is -2.30. The van der Waals surface area contributed by atoms with E-state index in [4.69, 9.17) is 92.8 Å². The Hall–Kier alpha value is -5.84. The summed E-state index contributed by atoms with van der Waals surface area (Å²) >= 11 is 46.8. The number of ketones is 2. The third-order valence-electron chi connectivity index (χ3n) is 12.7. The molecule has 3 aliphatic rings. The van der Waals surface area contributed by atoms with Crippen molar-refractivity contribution < 1.29 is 34.8 Å². The molecule has 3 aliphatic heterocycles. The molecule has 0 aromatic heterocycles. The number of rotatable bonds is 9. The van der Waals surface area contributed by atoms with Gasteiger partial charge in [0.1, 0.15) is 17.0 Å². The average molecular weight is 1330 g/mol. The van der Waals surface area contributed by atoms with E-state index in [0.29, 0.717) is 85.1 Å². The van der Waals surface area contributed by atoms with Crippen LogP contribution in [-0.2, 0) is 41.7 Å². The largest absolute Gasteiger partial charge is 0.364 e. The van der Waals surface area contributed by atoms with Crippen LogP contribution in [0.5, 0.6) is 0 Å². The number of Topliss-reactive ketones (excluding diaryl/α,β-unsaturated/α-hetero) is 2. The molecular formula is C58H42Cl8N6O8S3. The van der Waals surface area contributed by atoms with Crippen LogP contribution in [0.2, 0.25) is 40.2 Å². The maximum Gasteiger partial charge on any atom is 0.364 e. The fourth-order valence-corrected chi connectivity index (χ4v) is 13.3. The summed E-state index contributed by atoms with van der Waals surface area (Å²) in [5.41, 5.74) is 4.24. The SMILES string of the molecule is CC1(c2ccc(Cl)cc2)NS(=O)(=O)N=C1c1ccc(Cl)cc1.CC1(c2ccc(Cl)cc2)NS(=O)(=O)NC1c1ccc(Cl)cc1.O=C(C(=O)c1ccc(Cl)cc1)c1ccc(Cl)cc1.O=S1(=O)N=C(c2ccc(Cl)cc2)C(c2ccc(Cl)cc2)=N1. The summed E-state index contributed by atoms with van der Waals surface area (Å²) in [6.45, 7) is 3.61. The molecule has 25 heteroatoms. The zero-order valence-corrected chi connectivity index (χ0v) is 51.4. The lowest BCUT2D eigenvalue weighted by molar-refractivity contribution is 0.0817. The number of hydrogen-bond acceptors (Lipinski definition) is 8. The molecule has 0 aliphatic carbocycles. The van der Waals surface area contributed by atoms with Crippen LogP contribution in [0.4, 0.5) is 0 Å². The molecule has 1 saturated heterocycles. The number of hydrogen-bond donors (Lipinski definition) is 3. The molecule has 0 bridgehead atoms. The zero-order chi connectivity index (χ0) is 60.1. The smallest absolute Gasteiger partial charge is 0.285 e. The van der Waals surface area contributed by atoms with Crippen LogP contribution in [0, 0.1) is 0 Å². The number of benzene rings is 8. The molecule has 426 valence electrons. The Morgan fingerprint density at radius 3 is 1.08 bits per heavy atom. The first kappa shape index (κ1) is 63.2. The van der Waals surface area contributed by atoms with Gasteiger partial charge in [-0.1, -0.05) is 166 Å². The van der Waals surface area contributed by atoms with Crippen LogP contribution in [0.15, 0.2) is 207 Å². The van der Waals surface area contributed by atoms with Gasteiger partial charge in [-0.2, -0.15) is 43.8 Å².